The molecule has 0 aliphatic heterocycles. The molecule has 1 N–H and O–H groups in total. The monoisotopic (exact) mass is 308 g/mol. The molecule has 1 aromatic carbocycles. The average molecular weight is 308 g/mol. The lowest BCUT2D eigenvalue weighted by Gasteiger charge is -2.22. The standard InChI is InChI=1S/C17H24O5/c1-5-16(22-17(19)10-12(2)18)13(3)21-11-14-6-8-15(20-4)9-7-14/h5-9,12-13,16,18H,1,10-11H2,2-4H3/t12-,13+,16-/m1/s1. The molecule has 1 rings (SSSR count). The van der Waals surface area contributed by atoms with Crippen LogP contribution in [0.5, 0.6) is 5.75 Å². The summed E-state index contributed by atoms with van der Waals surface area (Å²) < 4.78 is 16.0. The number of hydrogen-bond acceptors (Lipinski definition) is 5. The predicted octanol–water partition coefficient (Wildman–Crippen LogP) is 2.47. The first-order chi connectivity index (χ1) is 10.5. The van der Waals surface area contributed by atoms with Crippen molar-refractivity contribution in [2.75, 3.05) is 7.11 Å². The molecule has 0 fully saturated rings. The van der Waals surface area contributed by atoms with Gasteiger partial charge >= 0.3 is 5.97 Å². The number of aliphatic hydroxyl groups excluding tert-OH is 1. The number of carbonyl (C=O) groups excluding carboxylic acids is 1. The molecule has 0 radical (unpaired) electrons. The molecular formula is C17H24O5. The van der Waals surface area contributed by atoms with Gasteiger partial charge in [-0.15, -0.1) is 0 Å². The van der Waals surface area contributed by atoms with E-state index in [4.69, 9.17) is 14.2 Å². The van der Waals surface area contributed by atoms with Crippen LogP contribution in [0.1, 0.15) is 25.8 Å². The van der Waals surface area contributed by atoms with E-state index in [9.17, 15) is 9.90 Å². The Bertz CT molecular complexity index is 466. The highest BCUT2D eigenvalue weighted by Gasteiger charge is 2.20. The van der Waals surface area contributed by atoms with Crippen molar-refractivity contribution in [3.8, 4) is 5.75 Å². The molecule has 0 amide bonds. The molecule has 0 aliphatic rings. The number of esters is 1. The fraction of sp³-hybridized carbons (Fsp3) is 0.471. The highest BCUT2D eigenvalue weighted by molar-refractivity contribution is 5.70. The van der Waals surface area contributed by atoms with E-state index >= 15 is 0 Å². The van der Waals surface area contributed by atoms with Crippen LogP contribution in [-0.2, 0) is 20.9 Å². The maximum Gasteiger partial charge on any atom is 0.309 e. The Labute approximate surface area is 131 Å². The largest absolute Gasteiger partial charge is 0.497 e. The van der Waals surface area contributed by atoms with Crippen LogP contribution in [0, 0.1) is 0 Å². The minimum atomic E-state index is -0.728. The summed E-state index contributed by atoms with van der Waals surface area (Å²) in [6, 6.07) is 7.54. The third kappa shape index (κ3) is 6.28. The molecular weight excluding hydrogens is 284 g/mol. The van der Waals surface area contributed by atoms with Crippen molar-refractivity contribution in [2.24, 2.45) is 0 Å². The zero-order chi connectivity index (χ0) is 16.5. The second kappa shape index (κ2) is 9.23. The quantitative estimate of drug-likeness (QED) is 0.561. The minimum absolute atomic E-state index is 0.0461. The Morgan fingerprint density at radius 1 is 1.32 bits per heavy atom. The Kier molecular flexibility index (Phi) is 7.63. The topological polar surface area (TPSA) is 65.0 Å². The highest BCUT2D eigenvalue weighted by Crippen LogP contribution is 2.14. The molecule has 0 saturated heterocycles. The third-order valence-electron chi connectivity index (χ3n) is 3.10. The molecule has 3 atom stereocenters. The van der Waals surface area contributed by atoms with Gasteiger partial charge in [0.2, 0.25) is 0 Å². The number of rotatable bonds is 9. The minimum Gasteiger partial charge on any atom is -0.497 e. The van der Waals surface area contributed by atoms with Crippen molar-refractivity contribution in [2.45, 2.75) is 45.2 Å². The summed E-state index contributed by atoms with van der Waals surface area (Å²) in [6.45, 7) is 7.39. The number of hydrogen-bond donors (Lipinski definition) is 1. The van der Waals surface area contributed by atoms with E-state index in [0.717, 1.165) is 11.3 Å². The van der Waals surface area contributed by atoms with Crippen molar-refractivity contribution in [3.05, 3.63) is 42.5 Å². The van der Waals surface area contributed by atoms with E-state index < -0.39 is 18.2 Å². The van der Waals surface area contributed by atoms with Crippen LogP contribution in [0.2, 0.25) is 0 Å². The van der Waals surface area contributed by atoms with Crippen LogP contribution in [0.3, 0.4) is 0 Å². The molecule has 0 aliphatic carbocycles. The first kappa shape index (κ1) is 18.2. The van der Waals surface area contributed by atoms with E-state index in [-0.39, 0.29) is 12.5 Å². The van der Waals surface area contributed by atoms with Gasteiger partial charge in [0, 0.05) is 0 Å². The maximum absolute atomic E-state index is 11.6. The summed E-state index contributed by atoms with van der Waals surface area (Å²) >= 11 is 0. The van der Waals surface area contributed by atoms with E-state index in [1.165, 1.54) is 13.0 Å². The molecule has 0 heterocycles. The van der Waals surface area contributed by atoms with Gasteiger partial charge in [0.1, 0.15) is 11.9 Å². The van der Waals surface area contributed by atoms with Gasteiger partial charge in [0.25, 0.3) is 0 Å². The van der Waals surface area contributed by atoms with Crippen molar-refractivity contribution in [3.63, 3.8) is 0 Å². The number of ether oxygens (including phenoxy) is 3. The van der Waals surface area contributed by atoms with E-state index in [1.807, 2.05) is 31.2 Å². The van der Waals surface area contributed by atoms with Crippen LogP contribution in [0.25, 0.3) is 0 Å². The average Bonchev–Trinajstić information content (AvgIpc) is 2.50. The molecule has 0 saturated carbocycles. The number of carbonyl (C=O) groups is 1. The summed E-state index contributed by atoms with van der Waals surface area (Å²) in [5.41, 5.74) is 0.991. The lowest BCUT2D eigenvalue weighted by molar-refractivity contribution is -0.155. The van der Waals surface area contributed by atoms with Crippen molar-refractivity contribution < 1.29 is 24.1 Å². The molecule has 5 nitrogen and oxygen atoms in total. The van der Waals surface area contributed by atoms with Crippen LogP contribution >= 0.6 is 0 Å². The first-order valence-electron chi connectivity index (χ1n) is 7.21. The summed E-state index contributed by atoms with van der Waals surface area (Å²) in [6.07, 6.45) is -0.135. The lowest BCUT2D eigenvalue weighted by atomic mass is 10.2. The van der Waals surface area contributed by atoms with Gasteiger partial charge in [-0.05, 0) is 37.6 Å². The van der Waals surface area contributed by atoms with Crippen LogP contribution in [0.15, 0.2) is 36.9 Å². The van der Waals surface area contributed by atoms with Gasteiger partial charge in [0.05, 0.1) is 32.3 Å². The van der Waals surface area contributed by atoms with Crippen LogP contribution in [0.4, 0.5) is 0 Å². The third-order valence-corrected chi connectivity index (χ3v) is 3.10. The molecule has 0 aromatic heterocycles. The van der Waals surface area contributed by atoms with Crippen molar-refractivity contribution in [1.29, 1.82) is 0 Å². The van der Waals surface area contributed by atoms with Gasteiger partial charge in [-0.1, -0.05) is 18.7 Å². The lowest BCUT2D eigenvalue weighted by Crippen LogP contribution is -2.30. The highest BCUT2D eigenvalue weighted by atomic mass is 16.6. The Morgan fingerprint density at radius 2 is 1.95 bits per heavy atom. The van der Waals surface area contributed by atoms with Crippen molar-refractivity contribution in [1.82, 2.24) is 0 Å². The SMILES string of the molecule is C=C[C@@H](OC(=O)C[C@@H](C)O)[C@H](C)OCc1ccc(OC)cc1. The fourth-order valence-electron chi connectivity index (χ4n) is 1.82. The molecule has 5 heteroatoms. The molecule has 1 aromatic rings. The summed E-state index contributed by atoms with van der Waals surface area (Å²) in [4.78, 5) is 11.6. The predicted molar refractivity (Wildman–Crippen MR) is 83.6 cm³/mol. The number of methoxy groups -OCH3 is 1. The summed E-state index contributed by atoms with van der Waals surface area (Å²) in [5.74, 6) is 0.313. The number of benzene rings is 1. The van der Waals surface area contributed by atoms with E-state index in [0.29, 0.717) is 6.61 Å². The van der Waals surface area contributed by atoms with Crippen LogP contribution < -0.4 is 4.74 Å². The first-order valence-corrected chi connectivity index (χ1v) is 7.21. The van der Waals surface area contributed by atoms with E-state index in [2.05, 4.69) is 6.58 Å². The van der Waals surface area contributed by atoms with Gasteiger partial charge in [-0.25, -0.2) is 0 Å². The molecule has 0 spiro atoms. The summed E-state index contributed by atoms with van der Waals surface area (Å²) in [5, 5.41) is 9.17. The van der Waals surface area contributed by atoms with E-state index in [1.54, 1.807) is 7.11 Å². The molecule has 0 bridgehead atoms. The number of aliphatic hydroxyl groups is 1. The Morgan fingerprint density at radius 3 is 2.45 bits per heavy atom. The summed E-state index contributed by atoms with van der Waals surface area (Å²) in [7, 11) is 1.61. The molecule has 0 unspecified atom stereocenters. The van der Waals surface area contributed by atoms with Gasteiger partial charge in [0.15, 0.2) is 0 Å². The maximum atomic E-state index is 11.6. The normalized spacial score (nSPS) is 14.7. The van der Waals surface area contributed by atoms with Gasteiger partial charge in [-0.2, -0.15) is 0 Å². The Balaban J connectivity index is 2.48. The smallest absolute Gasteiger partial charge is 0.309 e. The van der Waals surface area contributed by atoms with Gasteiger partial charge < -0.3 is 19.3 Å². The second-order valence-electron chi connectivity index (χ2n) is 5.11. The zero-order valence-corrected chi connectivity index (χ0v) is 13.3. The van der Waals surface area contributed by atoms with Crippen LogP contribution in [-0.4, -0.2) is 36.5 Å². The van der Waals surface area contributed by atoms with Crippen molar-refractivity contribution >= 4 is 5.97 Å². The molecule has 122 valence electrons. The zero-order valence-electron chi connectivity index (χ0n) is 13.3. The molecule has 22 heavy (non-hydrogen) atoms. The Hall–Kier alpha value is -1.85. The van der Waals surface area contributed by atoms with Gasteiger partial charge in [-0.3, -0.25) is 4.79 Å². The fourth-order valence-corrected chi connectivity index (χ4v) is 1.82. The second-order valence-corrected chi connectivity index (χ2v) is 5.11.